The number of aliphatic imine (C=N–C) groups is 1. The molecule has 0 bridgehead atoms. The van der Waals surface area contributed by atoms with E-state index in [-0.39, 0.29) is 54.4 Å². The highest BCUT2D eigenvalue weighted by molar-refractivity contribution is 14.0. The highest BCUT2D eigenvalue weighted by Crippen LogP contribution is 2.30. The minimum atomic E-state index is -4.53. The summed E-state index contributed by atoms with van der Waals surface area (Å²) in [6.45, 7) is 0.0468. The molecule has 0 aliphatic carbocycles. The van der Waals surface area contributed by atoms with Crippen LogP contribution < -0.4 is 10.6 Å². The monoisotopic (exact) mass is 471 g/mol. The standard InChI is InChI=1S/C15H17F4N5.HI/c1-20-14(21-7-10-5-3-4-6-12(10)16)22-8-11-9-24(2)23-13(11)15(17,18)19;/h3-6,9H,7-8H2,1-2H3,(H2,20,21,22);1H. The van der Waals surface area contributed by atoms with Crippen molar-refractivity contribution >= 4 is 29.9 Å². The summed E-state index contributed by atoms with van der Waals surface area (Å²) < 4.78 is 53.3. The molecular formula is C15H18F4IN5. The summed E-state index contributed by atoms with van der Waals surface area (Å²) in [5.41, 5.74) is -0.515. The first kappa shape index (κ1) is 21.2. The predicted octanol–water partition coefficient (Wildman–Crippen LogP) is 3.06. The van der Waals surface area contributed by atoms with Crippen LogP contribution in [0.2, 0.25) is 0 Å². The van der Waals surface area contributed by atoms with Crippen molar-refractivity contribution in [3.63, 3.8) is 0 Å². The number of aromatic nitrogens is 2. The predicted molar refractivity (Wildman–Crippen MR) is 97.1 cm³/mol. The second kappa shape index (κ2) is 9.02. The minimum absolute atomic E-state index is 0. The molecule has 0 amide bonds. The fourth-order valence-corrected chi connectivity index (χ4v) is 2.13. The Kier molecular flexibility index (Phi) is 7.64. The van der Waals surface area contributed by atoms with Crippen LogP contribution in [-0.2, 0) is 26.3 Å². The van der Waals surface area contributed by atoms with Crippen molar-refractivity contribution in [3.8, 4) is 0 Å². The van der Waals surface area contributed by atoms with E-state index in [9.17, 15) is 17.6 Å². The van der Waals surface area contributed by atoms with E-state index in [0.29, 0.717) is 5.56 Å². The third-order valence-electron chi connectivity index (χ3n) is 3.25. The molecule has 10 heteroatoms. The first-order valence-corrected chi connectivity index (χ1v) is 7.09. The number of nitrogens with one attached hydrogen (secondary N) is 2. The number of aryl methyl sites for hydroxylation is 1. The molecule has 5 nitrogen and oxygen atoms in total. The van der Waals surface area contributed by atoms with Gasteiger partial charge < -0.3 is 10.6 Å². The first-order valence-electron chi connectivity index (χ1n) is 7.09. The van der Waals surface area contributed by atoms with Crippen molar-refractivity contribution in [2.75, 3.05) is 7.05 Å². The topological polar surface area (TPSA) is 54.2 Å². The summed E-state index contributed by atoms with van der Waals surface area (Å²) >= 11 is 0. The fourth-order valence-electron chi connectivity index (χ4n) is 2.13. The van der Waals surface area contributed by atoms with E-state index < -0.39 is 11.9 Å². The van der Waals surface area contributed by atoms with E-state index in [0.717, 1.165) is 4.68 Å². The van der Waals surface area contributed by atoms with Crippen LogP contribution in [-0.4, -0.2) is 22.8 Å². The summed E-state index contributed by atoms with van der Waals surface area (Å²) in [4.78, 5) is 3.91. The molecule has 0 fully saturated rings. The Labute approximate surface area is 159 Å². The molecule has 1 aromatic heterocycles. The lowest BCUT2D eigenvalue weighted by Gasteiger charge is -2.13. The molecule has 25 heavy (non-hydrogen) atoms. The fraction of sp³-hybridized carbons (Fsp3) is 0.333. The number of alkyl halides is 3. The number of rotatable bonds is 4. The number of benzene rings is 1. The Morgan fingerprint density at radius 2 is 1.76 bits per heavy atom. The number of halogens is 5. The second-order valence-electron chi connectivity index (χ2n) is 5.05. The zero-order valence-electron chi connectivity index (χ0n) is 13.6. The van der Waals surface area contributed by atoms with Crippen LogP contribution in [0.25, 0.3) is 0 Å². The van der Waals surface area contributed by atoms with Gasteiger partial charge in [-0.25, -0.2) is 4.39 Å². The van der Waals surface area contributed by atoms with Crippen molar-refractivity contribution in [3.05, 3.63) is 53.1 Å². The Bertz CT molecular complexity index is 727. The van der Waals surface area contributed by atoms with Gasteiger partial charge in [0.1, 0.15) is 5.82 Å². The van der Waals surface area contributed by atoms with E-state index in [2.05, 4.69) is 20.7 Å². The van der Waals surface area contributed by atoms with Gasteiger partial charge in [0.2, 0.25) is 0 Å². The summed E-state index contributed by atoms with van der Waals surface area (Å²) in [6.07, 6.45) is -3.23. The molecule has 2 N–H and O–H groups in total. The van der Waals surface area contributed by atoms with Gasteiger partial charge in [0.25, 0.3) is 0 Å². The van der Waals surface area contributed by atoms with Crippen LogP contribution in [0.4, 0.5) is 17.6 Å². The van der Waals surface area contributed by atoms with Crippen molar-refractivity contribution < 1.29 is 17.6 Å². The highest BCUT2D eigenvalue weighted by Gasteiger charge is 2.36. The normalized spacial score (nSPS) is 11.8. The van der Waals surface area contributed by atoms with Crippen LogP contribution in [0.3, 0.4) is 0 Å². The number of hydrogen-bond donors (Lipinski definition) is 2. The highest BCUT2D eigenvalue weighted by atomic mass is 127. The van der Waals surface area contributed by atoms with E-state index in [4.69, 9.17) is 0 Å². The molecule has 1 aromatic carbocycles. The van der Waals surface area contributed by atoms with Crippen LogP contribution >= 0.6 is 24.0 Å². The smallest absolute Gasteiger partial charge is 0.352 e. The van der Waals surface area contributed by atoms with Gasteiger partial charge in [0, 0.05) is 44.5 Å². The van der Waals surface area contributed by atoms with Crippen LogP contribution in [0.1, 0.15) is 16.8 Å². The van der Waals surface area contributed by atoms with E-state index >= 15 is 0 Å². The molecule has 2 aromatic rings. The van der Waals surface area contributed by atoms with Gasteiger partial charge in [-0.2, -0.15) is 18.3 Å². The van der Waals surface area contributed by atoms with E-state index in [1.54, 1.807) is 18.2 Å². The van der Waals surface area contributed by atoms with Crippen molar-refractivity contribution in [2.45, 2.75) is 19.3 Å². The molecule has 2 rings (SSSR count). The molecule has 0 unspecified atom stereocenters. The minimum Gasteiger partial charge on any atom is -0.352 e. The number of guanidine groups is 1. The average molecular weight is 471 g/mol. The second-order valence-corrected chi connectivity index (χ2v) is 5.05. The Morgan fingerprint density at radius 3 is 2.32 bits per heavy atom. The van der Waals surface area contributed by atoms with Gasteiger partial charge in [-0.3, -0.25) is 9.67 Å². The molecule has 138 valence electrons. The quantitative estimate of drug-likeness (QED) is 0.312. The van der Waals surface area contributed by atoms with E-state index in [1.165, 1.54) is 26.4 Å². The lowest BCUT2D eigenvalue weighted by molar-refractivity contribution is -0.142. The Morgan fingerprint density at radius 1 is 1.16 bits per heavy atom. The zero-order valence-corrected chi connectivity index (χ0v) is 15.9. The SMILES string of the molecule is CN=C(NCc1ccccc1F)NCc1cn(C)nc1C(F)(F)F.I. The van der Waals surface area contributed by atoms with Crippen LogP contribution in [0.15, 0.2) is 35.5 Å². The van der Waals surface area contributed by atoms with Gasteiger partial charge in [0.05, 0.1) is 0 Å². The summed E-state index contributed by atoms with van der Waals surface area (Å²) in [5, 5.41) is 9.05. The third-order valence-corrected chi connectivity index (χ3v) is 3.25. The van der Waals surface area contributed by atoms with Gasteiger partial charge in [-0.05, 0) is 6.07 Å². The van der Waals surface area contributed by atoms with Gasteiger partial charge in [-0.15, -0.1) is 24.0 Å². The lowest BCUT2D eigenvalue weighted by atomic mass is 10.2. The van der Waals surface area contributed by atoms with Crippen LogP contribution in [0.5, 0.6) is 0 Å². The maximum absolute atomic E-state index is 13.5. The maximum atomic E-state index is 13.5. The number of hydrogen-bond acceptors (Lipinski definition) is 2. The van der Waals surface area contributed by atoms with Crippen molar-refractivity contribution in [2.24, 2.45) is 12.0 Å². The van der Waals surface area contributed by atoms with Gasteiger partial charge >= 0.3 is 6.18 Å². The first-order chi connectivity index (χ1) is 11.3. The molecule has 0 aliphatic heterocycles. The zero-order chi connectivity index (χ0) is 17.7. The van der Waals surface area contributed by atoms with Crippen LogP contribution in [0, 0.1) is 5.82 Å². The van der Waals surface area contributed by atoms with Gasteiger partial charge in [0.15, 0.2) is 11.7 Å². The third kappa shape index (κ3) is 5.87. The average Bonchev–Trinajstić information content (AvgIpc) is 2.90. The molecule has 0 radical (unpaired) electrons. The molecular weight excluding hydrogens is 453 g/mol. The summed E-state index contributed by atoms with van der Waals surface area (Å²) in [5.74, 6) is -0.109. The molecule has 0 aliphatic rings. The maximum Gasteiger partial charge on any atom is 0.435 e. The lowest BCUT2D eigenvalue weighted by Crippen LogP contribution is -2.36. The molecule has 0 atom stereocenters. The number of nitrogens with zero attached hydrogens (tertiary/aromatic N) is 3. The molecule has 1 heterocycles. The molecule has 0 saturated carbocycles. The largest absolute Gasteiger partial charge is 0.435 e. The Balaban J connectivity index is 0.00000312. The van der Waals surface area contributed by atoms with Gasteiger partial charge in [-0.1, -0.05) is 18.2 Å². The summed E-state index contributed by atoms with van der Waals surface area (Å²) in [6, 6.07) is 6.21. The Hall–Kier alpha value is -1.85. The van der Waals surface area contributed by atoms with Crippen molar-refractivity contribution in [1.82, 2.24) is 20.4 Å². The summed E-state index contributed by atoms with van der Waals surface area (Å²) in [7, 11) is 2.90. The van der Waals surface area contributed by atoms with Crippen molar-refractivity contribution in [1.29, 1.82) is 0 Å². The molecule has 0 saturated heterocycles. The molecule has 0 spiro atoms. The van der Waals surface area contributed by atoms with E-state index in [1.807, 2.05) is 0 Å².